The van der Waals surface area contributed by atoms with Gasteiger partial charge in [-0.1, -0.05) is 67.5 Å². The highest BCUT2D eigenvalue weighted by atomic mass is 16.5. The molecule has 1 aliphatic heterocycles. The Bertz CT molecular complexity index is 1300. The number of ether oxygens (including phenoxy) is 1. The van der Waals surface area contributed by atoms with Crippen LogP contribution in [0, 0.1) is 62.1 Å². The van der Waals surface area contributed by atoms with Gasteiger partial charge in [0.05, 0.1) is 12.8 Å². The van der Waals surface area contributed by atoms with Crippen LogP contribution in [-0.2, 0) is 14.3 Å². The number of aliphatic carboxylic acids is 1. The summed E-state index contributed by atoms with van der Waals surface area (Å²) >= 11 is 0. The summed E-state index contributed by atoms with van der Waals surface area (Å²) in [4.78, 5) is 30.0. The lowest BCUT2D eigenvalue weighted by Gasteiger charge is -2.73. The minimum atomic E-state index is -0.863. The van der Waals surface area contributed by atoms with Crippen LogP contribution in [0.25, 0.3) is 0 Å². The fraction of sp³-hybridized carbons (Fsp3) is 0.909. The maximum Gasteiger partial charge on any atom is 0.306 e. The number of nitrogens with zero attached hydrogens (tertiary/aromatic N) is 2. The molecule has 0 aromatic rings. The van der Waals surface area contributed by atoms with E-state index in [1.807, 2.05) is 13.8 Å². The minimum Gasteiger partial charge on any atom is -0.481 e. The molecule has 284 valence electrons. The number of allylic oxidation sites excluding steroid dienone is 1. The maximum absolute atomic E-state index is 13.2. The Morgan fingerprint density at radius 3 is 2.14 bits per heavy atom. The quantitative estimate of drug-likeness (QED) is 0.182. The summed E-state index contributed by atoms with van der Waals surface area (Å²) in [5.41, 5.74) is 2.08. The molecule has 6 nitrogen and oxygen atoms in total. The number of carbonyl (C=O) groups is 2. The molecule has 0 bridgehead atoms. The van der Waals surface area contributed by atoms with Gasteiger partial charge in [0.15, 0.2) is 0 Å². The Labute approximate surface area is 305 Å². The first-order chi connectivity index (χ1) is 23.3. The average Bonchev–Trinajstić information content (AvgIpc) is 3.41. The van der Waals surface area contributed by atoms with Gasteiger partial charge in [-0.25, -0.2) is 0 Å². The molecular formula is C44H74N2O4. The number of carboxylic acid groups (broad SMARTS) is 1. The van der Waals surface area contributed by atoms with Gasteiger partial charge in [0.25, 0.3) is 0 Å². The van der Waals surface area contributed by atoms with Gasteiger partial charge in [-0.2, -0.15) is 0 Å². The van der Waals surface area contributed by atoms with Crippen molar-refractivity contribution in [2.24, 2.45) is 62.1 Å². The Hall–Kier alpha value is -1.40. The lowest BCUT2D eigenvalue weighted by atomic mass is 9.32. The number of hydrogen-bond donors (Lipinski definition) is 1. The molecule has 1 N–H and O–H groups in total. The number of carboxylic acids is 1. The van der Waals surface area contributed by atoms with Crippen LogP contribution in [0.4, 0.5) is 0 Å². The van der Waals surface area contributed by atoms with Gasteiger partial charge in [-0.15, -0.1) is 0 Å². The fourth-order valence-corrected chi connectivity index (χ4v) is 14.7. The zero-order valence-corrected chi connectivity index (χ0v) is 33.7. The lowest BCUT2D eigenvalue weighted by Crippen LogP contribution is -2.66. The summed E-state index contributed by atoms with van der Waals surface area (Å²) in [5.74, 6) is 2.33. The Balaban J connectivity index is 1.20. The fourth-order valence-electron chi connectivity index (χ4n) is 14.7. The Morgan fingerprint density at radius 1 is 0.820 bits per heavy atom. The number of fused-ring (bicyclic) bond motifs is 7. The van der Waals surface area contributed by atoms with Crippen molar-refractivity contribution in [2.75, 3.05) is 39.3 Å². The first-order valence-electron chi connectivity index (χ1n) is 20.8. The standard InChI is InChI=1S/C44H74N2O4/c1-11-45-24-26-46(27-25-45)23-22-44-19-14-31(30(2)3)38(44)32-12-13-34-41(8)17-16-35(50-37(49)29-39(4,5)28-36(47)48)40(6,7)33(41)15-18-43(34,10)42(32,9)20-21-44/h31-35,38H,2,11-29H2,1,3-10H3,(H,47,48)/t31-,32+,33-,34+,35-,38+,41-,42+,43+,44+/m0/s1. The second kappa shape index (κ2) is 13.5. The molecule has 5 saturated carbocycles. The van der Waals surface area contributed by atoms with E-state index in [-0.39, 0.29) is 35.7 Å². The van der Waals surface area contributed by atoms with Gasteiger partial charge in [0.1, 0.15) is 6.10 Å². The van der Waals surface area contributed by atoms with Crippen LogP contribution < -0.4 is 0 Å². The van der Waals surface area contributed by atoms with E-state index >= 15 is 0 Å². The van der Waals surface area contributed by atoms with Gasteiger partial charge < -0.3 is 19.6 Å². The predicted molar refractivity (Wildman–Crippen MR) is 203 cm³/mol. The molecule has 0 spiro atoms. The maximum atomic E-state index is 13.2. The van der Waals surface area contributed by atoms with Gasteiger partial charge in [0.2, 0.25) is 0 Å². The Kier molecular flexibility index (Phi) is 10.3. The van der Waals surface area contributed by atoms with Crippen molar-refractivity contribution in [3.05, 3.63) is 12.2 Å². The molecule has 0 aromatic heterocycles. The third-order valence-electron chi connectivity index (χ3n) is 17.5. The highest BCUT2D eigenvalue weighted by Gasteiger charge is 2.71. The monoisotopic (exact) mass is 695 g/mol. The number of hydrogen-bond acceptors (Lipinski definition) is 5. The van der Waals surface area contributed by atoms with E-state index < -0.39 is 11.4 Å². The molecule has 6 heteroatoms. The minimum absolute atomic E-state index is 0.0255. The highest BCUT2D eigenvalue weighted by Crippen LogP contribution is 2.78. The van der Waals surface area contributed by atoms with Gasteiger partial charge >= 0.3 is 11.9 Å². The van der Waals surface area contributed by atoms with Crippen molar-refractivity contribution < 1.29 is 19.4 Å². The third-order valence-corrected chi connectivity index (χ3v) is 17.5. The molecule has 6 rings (SSSR count). The summed E-state index contributed by atoms with van der Waals surface area (Å²) in [6, 6.07) is 0. The zero-order valence-electron chi connectivity index (χ0n) is 33.7. The second-order valence-corrected chi connectivity index (χ2v) is 20.8. The largest absolute Gasteiger partial charge is 0.481 e. The van der Waals surface area contributed by atoms with E-state index in [0.717, 1.165) is 24.7 Å². The molecule has 1 heterocycles. The molecule has 0 unspecified atom stereocenters. The summed E-state index contributed by atoms with van der Waals surface area (Å²) in [6.07, 6.45) is 14.1. The Morgan fingerprint density at radius 2 is 1.50 bits per heavy atom. The van der Waals surface area contributed by atoms with E-state index in [0.29, 0.717) is 34.0 Å². The average molecular weight is 695 g/mol. The summed E-state index contributed by atoms with van der Waals surface area (Å²) in [7, 11) is 0. The number of carbonyl (C=O) groups excluding carboxylic acids is 1. The molecule has 0 amide bonds. The predicted octanol–water partition coefficient (Wildman–Crippen LogP) is 9.47. The molecular weight excluding hydrogens is 620 g/mol. The van der Waals surface area contributed by atoms with Crippen molar-refractivity contribution in [2.45, 2.75) is 152 Å². The van der Waals surface area contributed by atoms with Crippen molar-refractivity contribution in [3.63, 3.8) is 0 Å². The van der Waals surface area contributed by atoms with E-state index in [2.05, 4.69) is 64.8 Å². The molecule has 50 heavy (non-hydrogen) atoms. The van der Waals surface area contributed by atoms with E-state index in [4.69, 9.17) is 4.74 Å². The van der Waals surface area contributed by atoms with E-state index in [9.17, 15) is 14.7 Å². The lowest BCUT2D eigenvalue weighted by molar-refractivity contribution is -0.250. The zero-order chi connectivity index (χ0) is 36.5. The van der Waals surface area contributed by atoms with Gasteiger partial charge in [0, 0.05) is 31.6 Å². The normalized spacial score (nSPS) is 43.2. The molecule has 10 atom stereocenters. The van der Waals surface area contributed by atoms with Crippen LogP contribution in [0.5, 0.6) is 0 Å². The number of esters is 1. The van der Waals surface area contributed by atoms with Crippen molar-refractivity contribution in [1.29, 1.82) is 0 Å². The number of rotatable bonds is 10. The van der Waals surface area contributed by atoms with Crippen LogP contribution >= 0.6 is 0 Å². The highest BCUT2D eigenvalue weighted by molar-refractivity contribution is 5.73. The van der Waals surface area contributed by atoms with E-state index in [1.165, 1.54) is 103 Å². The van der Waals surface area contributed by atoms with Crippen molar-refractivity contribution in [3.8, 4) is 0 Å². The molecule has 0 aromatic carbocycles. The number of likely N-dealkylation sites (N-methyl/N-ethyl adjacent to an activating group) is 1. The molecule has 6 aliphatic rings. The van der Waals surface area contributed by atoms with Crippen LogP contribution in [-0.4, -0.2) is 72.2 Å². The molecule has 1 saturated heterocycles. The summed E-state index contributed by atoms with van der Waals surface area (Å²) in [5, 5.41) is 9.35. The third kappa shape index (κ3) is 6.34. The van der Waals surface area contributed by atoms with Crippen LogP contribution in [0.3, 0.4) is 0 Å². The first-order valence-corrected chi connectivity index (χ1v) is 20.8. The summed E-state index contributed by atoms with van der Waals surface area (Å²) in [6.45, 7) is 33.3. The number of piperazine rings is 1. The van der Waals surface area contributed by atoms with Crippen LogP contribution in [0.2, 0.25) is 0 Å². The molecule has 0 radical (unpaired) electrons. The smallest absolute Gasteiger partial charge is 0.306 e. The second-order valence-electron chi connectivity index (χ2n) is 20.8. The van der Waals surface area contributed by atoms with Gasteiger partial charge in [-0.05, 0) is 147 Å². The topological polar surface area (TPSA) is 70.1 Å². The SMILES string of the molecule is C=C(C)[C@@H]1CC[C@]2(CCN3CCN(CC)CC3)CC[C@]3(C)[C@H](CC[C@@H]4[C@@]5(C)CC[C@H](OC(=O)CC(C)(C)CC(=O)O)C(C)(C)[C@@H]5CC[C@]43C)[C@@H]12. The van der Waals surface area contributed by atoms with Crippen molar-refractivity contribution in [1.82, 2.24) is 9.80 Å². The molecule has 6 fully saturated rings. The van der Waals surface area contributed by atoms with Crippen LogP contribution in [0.15, 0.2) is 12.2 Å². The molecule has 5 aliphatic carbocycles. The van der Waals surface area contributed by atoms with Crippen molar-refractivity contribution >= 4 is 11.9 Å². The summed E-state index contributed by atoms with van der Waals surface area (Å²) < 4.78 is 6.31. The van der Waals surface area contributed by atoms with E-state index in [1.54, 1.807) is 0 Å². The first kappa shape index (κ1) is 38.3. The van der Waals surface area contributed by atoms with Crippen LogP contribution in [0.1, 0.15) is 146 Å². The van der Waals surface area contributed by atoms with Gasteiger partial charge in [-0.3, -0.25) is 9.59 Å².